The number of hydrogen-bond donors (Lipinski definition) is 2. The summed E-state index contributed by atoms with van der Waals surface area (Å²) in [4.78, 5) is 29.5. The lowest BCUT2D eigenvalue weighted by atomic mass is 10.3. The van der Waals surface area contributed by atoms with Crippen molar-refractivity contribution in [3.05, 3.63) is 23.8 Å². The zero-order valence-corrected chi connectivity index (χ0v) is 8.93. The summed E-state index contributed by atoms with van der Waals surface area (Å²) in [6, 6.07) is 0. The number of hydrogen-bond acceptors (Lipinski definition) is 4. The zero-order valence-electron chi connectivity index (χ0n) is 8.93. The molecule has 0 aliphatic heterocycles. The van der Waals surface area contributed by atoms with E-state index < -0.39 is 5.97 Å². The van der Waals surface area contributed by atoms with Gasteiger partial charge in [-0.25, -0.2) is 4.98 Å². The standard InChI is InChI=1S/C10H13N3O3/c1-7-5-13-8(6-12-7)10(16)11-4-2-3-9(14)15/h5-6H,2-4H2,1H3,(H,11,16)(H,14,15). The van der Waals surface area contributed by atoms with Crippen molar-refractivity contribution in [2.75, 3.05) is 6.54 Å². The molecule has 0 atom stereocenters. The molecule has 0 spiro atoms. The summed E-state index contributed by atoms with van der Waals surface area (Å²) in [6.45, 7) is 2.10. The van der Waals surface area contributed by atoms with E-state index in [2.05, 4.69) is 15.3 Å². The van der Waals surface area contributed by atoms with Crippen LogP contribution in [-0.2, 0) is 4.79 Å². The van der Waals surface area contributed by atoms with Gasteiger partial charge in [-0.05, 0) is 13.3 Å². The van der Waals surface area contributed by atoms with Crippen LogP contribution < -0.4 is 5.32 Å². The maximum Gasteiger partial charge on any atom is 0.303 e. The van der Waals surface area contributed by atoms with Crippen LogP contribution in [0.3, 0.4) is 0 Å². The van der Waals surface area contributed by atoms with Gasteiger partial charge in [-0.2, -0.15) is 0 Å². The number of carbonyl (C=O) groups excluding carboxylic acids is 1. The van der Waals surface area contributed by atoms with Gasteiger partial charge >= 0.3 is 5.97 Å². The van der Waals surface area contributed by atoms with Crippen molar-refractivity contribution in [1.82, 2.24) is 15.3 Å². The fourth-order valence-corrected chi connectivity index (χ4v) is 1.04. The zero-order chi connectivity index (χ0) is 12.0. The van der Waals surface area contributed by atoms with Crippen LogP contribution in [-0.4, -0.2) is 33.5 Å². The minimum absolute atomic E-state index is 0.0415. The molecule has 0 aromatic carbocycles. The van der Waals surface area contributed by atoms with E-state index in [4.69, 9.17) is 5.11 Å². The minimum Gasteiger partial charge on any atom is -0.481 e. The number of aliphatic carboxylic acids is 1. The van der Waals surface area contributed by atoms with Crippen LogP contribution in [0.1, 0.15) is 29.0 Å². The lowest BCUT2D eigenvalue weighted by molar-refractivity contribution is -0.137. The van der Waals surface area contributed by atoms with Gasteiger partial charge in [0.25, 0.3) is 5.91 Å². The number of nitrogens with zero attached hydrogens (tertiary/aromatic N) is 2. The predicted molar refractivity (Wildman–Crippen MR) is 56.0 cm³/mol. The quantitative estimate of drug-likeness (QED) is 0.704. The van der Waals surface area contributed by atoms with Gasteiger partial charge in [0, 0.05) is 19.2 Å². The molecule has 6 nitrogen and oxygen atoms in total. The Morgan fingerprint density at radius 1 is 1.38 bits per heavy atom. The molecule has 1 amide bonds. The molecule has 1 rings (SSSR count). The number of rotatable bonds is 5. The Kier molecular flexibility index (Phi) is 4.38. The minimum atomic E-state index is -0.871. The number of carboxylic acid groups (broad SMARTS) is 1. The molecule has 1 aromatic heterocycles. The van der Waals surface area contributed by atoms with E-state index in [1.54, 1.807) is 6.92 Å². The molecule has 0 unspecified atom stereocenters. The van der Waals surface area contributed by atoms with Crippen LogP contribution >= 0.6 is 0 Å². The first-order valence-corrected chi connectivity index (χ1v) is 4.88. The van der Waals surface area contributed by atoms with Gasteiger partial charge in [0.15, 0.2) is 0 Å². The van der Waals surface area contributed by atoms with Crippen molar-refractivity contribution in [2.24, 2.45) is 0 Å². The molecule has 0 saturated heterocycles. The number of aryl methyl sites for hydroxylation is 1. The van der Waals surface area contributed by atoms with Gasteiger partial charge in [0.1, 0.15) is 5.69 Å². The number of aromatic nitrogens is 2. The van der Waals surface area contributed by atoms with Crippen LogP contribution in [0.15, 0.2) is 12.4 Å². The molecular formula is C10H13N3O3. The number of carbonyl (C=O) groups is 2. The van der Waals surface area contributed by atoms with Crippen LogP contribution in [0.5, 0.6) is 0 Å². The summed E-state index contributed by atoms with van der Waals surface area (Å²) < 4.78 is 0. The van der Waals surface area contributed by atoms with E-state index in [0.717, 1.165) is 5.69 Å². The average Bonchev–Trinajstić information content (AvgIpc) is 2.25. The summed E-state index contributed by atoms with van der Waals surface area (Å²) in [5, 5.41) is 11.0. The Hall–Kier alpha value is -1.98. The van der Waals surface area contributed by atoms with Crippen LogP contribution in [0.4, 0.5) is 0 Å². The topological polar surface area (TPSA) is 92.2 Å². The molecule has 1 aromatic rings. The van der Waals surface area contributed by atoms with Crippen molar-refractivity contribution in [1.29, 1.82) is 0 Å². The fourth-order valence-electron chi connectivity index (χ4n) is 1.04. The monoisotopic (exact) mass is 223 g/mol. The predicted octanol–water partition coefficient (Wildman–Crippen LogP) is 0.380. The molecule has 0 bridgehead atoms. The van der Waals surface area contributed by atoms with E-state index in [1.165, 1.54) is 12.4 Å². The molecule has 6 heteroatoms. The largest absolute Gasteiger partial charge is 0.481 e. The summed E-state index contributed by atoms with van der Waals surface area (Å²) in [6.07, 6.45) is 3.34. The number of carboxylic acids is 1. The van der Waals surface area contributed by atoms with Gasteiger partial charge in [-0.1, -0.05) is 0 Å². The Balaban J connectivity index is 2.35. The maximum absolute atomic E-state index is 11.4. The van der Waals surface area contributed by atoms with Crippen molar-refractivity contribution < 1.29 is 14.7 Å². The fraction of sp³-hybridized carbons (Fsp3) is 0.400. The normalized spacial score (nSPS) is 9.81. The van der Waals surface area contributed by atoms with Gasteiger partial charge in [0.05, 0.1) is 11.9 Å². The Morgan fingerprint density at radius 3 is 2.69 bits per heavy atom. The molecule has 0 fully saturated rings. The van der Waals surface area contributed by atoms with Crippen LogP contribution in [0, 0.1) is 6.92 Å². The lowest BCUT2D eigenvalue weighted by Gasteiger charge is -2.02. The Bertz CT molecular complexity index is 375. The summed E-state index contributed by atoms with van der Waals surface area (Å²) in [7, 11) is 0. The van der Waals surface area contributed by atoms with E-state index in [0.29, 0.717) is 13.0 Å². The van der Waals surface area contributed by atoms with E-state index in [-0.39, 0.29) is 18.0 Å². The van der Waals surface area contributed by atoms with Crippen molar-refractivity contribution in [3.63, 3.8) is 0 Å². The molecule has 0 aliphatic carbocycles. The third-order valence-corrected chi connectivity index (χ3v) is 1.87. The molecule has 2 N–H and O–H groups in total. The SMILES string of the molecule is Cc1cnc(C(=O)NCCCC(=O)O)cn1. The van der Waals surface area contributed by atoms with Crippen LogP contribution in [0.25, 0.3) is 0 Å². The first kappa shape index (κ1) is 12.1. The molecule has 0 saturated carbocycles. The van der Waals surface area contributed by atoms with E-state index >= 15 is 0 Å². The average molecular weight is 223 g/mol. The molecule has 1 heterocycles. The van der Waals surface area contributed by atoms with Crippen molar-refractivity contribution in [2.45, 2.75) is 19.8 Å². The molecular weight excluding hydrogens is 210 g/mol. The van der Waals surface area contributed by atoms with Crippen LogP contribution in [0.2, 0.25) is 0 Å². The third-order valence-electron chi connectivity index (χ3n) is 1.87. The molecule has 86 valence electrons. The van der Waals surface area contributed by atoms with Gasteiger partial charge in [0.2, 0.25) is 0 Å². The van der Waals surface area contributed by atoms with Crippen molar-refractivity contribution >= 4 is 11.9 Å². The summed E-state index contributed by atoms with van der Waals surface area (Å²) in [5.74, 6) is -1.21. The molecule has 0 aliphatic rings. The van der Waals surface area contributed by atoms with Gasteiger partial charge in [-0.15, -0.1) is 0 Å². The highest BCUT2D eigenvalue weighted by atomic mass is 16.4. The second-order valence-electron chi connectivity index (χ2n) is 3.30. The highest BCUT2D eigenvalue weighted by Crippen LogP contribution is 1.94. The molecule has 16 heavy (non-hydrogen) atoms. The maximum atomic E-state index is 11.4. The third kappa shape index (κ3) is 4.04. The second-order valence-corrected chi connectivity index (χ2v) is 3.30. The highest BCUT2D eigenvalue weighted by molar-refractivity contribution is 5.91. The van der Waals surface area contributed by atoms with Crippen molar-refractivity contribution in [3.8, 4) is 0 Å². The first-order valence-electron chi connectivity index (χ1n) is 4.88. The Labute approximate surface area is 92.7 Å². The number of nitrogens with one attached hydrogen (secondary N) is 1. The summed E-state index contributed by atoms with van der Waals surface area (Å²) >= 11 is 0. The second kappa shape index (κ2) is 5.79. The lowest BCUT2D eigenvalue weighted by Crippen LogP contribution is -2.25. The number of amides is 1. The van der Waals surface area contributed by atoms with E-state index in [9.17, 15) is 9.59 Å². The van der Waals surface area contributed by atoms with E-state index in [1.807, 2.05) is 0 Å². The van der Waals surface area contributed by atoms with Gasteiger partial charge in [-0.3, -0.25) is 14.6 Å². The Morgan fingerprint density at radius 2 is 2.12 bits per heavy atom. The van der Waals surface area contributed by atoms with Gasteiger partial charge < -0.3 is 10.4 Å². The first-order chi connectivity index (χ1) is 7.59. The molecule has 0 radical (unpaired) electrons. The smallest absolute Gasteiger partial charge is 0.303 e. The highest BCUT2D eigenvalue weighted by Gasteiger charge is 2.06. The summed E-state index contributed by atoms with van der Waals surface area (Å²) in [5.41, 5.74) is 0.975.